The summed E-state index contributed by atoms with van der Waals surface area (Å²) in [5, 5.41) is 1.68. The summed E-state index contributed by atoms with van der Waals surface area (Å²) >= 11 is 0. The number of pyridine rings is 2. The number of imidazole rings is 1. The number of nitrogens with zero attached hydrogens (tertiary/aromatic N) is 5. The second kappa shape index (κ2) is 17.6. The molecule has 0 fully saturated rings. The molecule has 0 unspecified atom stereocenters. The zero-order chi connectivity index (χ0) is 57.6. The molecule has 0 atom stereocenters. The van der Waals surface area contributed by atoms with E-state index in [4.69, 9.17) is 29.8 Å². The Balaban J connectivity index is 0.991. The third-order valence-electron chi connectivity index (χ3n) is 12.9. The Labute approximate surface area is 429 Å². The number of aromatic nitrogens is 5. The lowest BCUT2D eigenvalue weighted by Gasteiger charge is -2.27. The lowest BCUT2D eigenvalue weighted by molar-refractivity contribution is -0.572. The average molecular weight is 929 g/mol. The van der Waals surface area contributed by atoms with Crippen LogP contribution < -0.4 is 9.30 Å². The molecule has 71 heavy (non-hydrogen) atoms. The molecule has 342 valence electrons. The predicted molar refractivity (Wildman–Crippen MR) is 290 cm³/mol. The number of hydrogen-bond acceptors (Lipinski definition) is 3. The summed E-state index contributed by atoms with van der Waals surface area (Å²) in [4.78, 5) is 9.59. The van der Waals surface area contributed by atoms with Crippen molar-refractivity contribution in [2.45, 2.75) is 39.9 Å². The number of para-hydroxylation sites is 3. The number of aryl methyl sites for hydroxylation is 2. The van der Waals surface area contributed by atoms with Crippen LogP contribution >= 0.6 is 0 Å². The molecule has 0 amide bonds. The van der Waals surface area contributed by atoms with Crippen molar-refractivity contribution in [2.75, 3.05) is 0 Å². The highest BCUT2D eigenvalue weighted by Gasteiger charge is 2.26. The molecule has 0 saturated heterocycles. The molecular weight excluding hydrogens is 867 g/mol. The fourth-order valence-corrected chi connectivity index (χ4v) is 9.57. The van der Waals surface area contributed by atoms with Gasteiger partial charge in [0.2, 0.25) is 0 Å². The maximum absolute atomic E-state index is 8.76. The first kappa shape index (κ1) is 32.8. The second-order valence-electron chi connectivity index (χ2n) is 18.5. The van der Waals surface area contributed by atoms with Gasteiger partial charge in [-0.05, 0) is 118 Å². The predicted octanol–water partition coefficient (Wildman–Crippen LogP) is 16.0. The molecule has 0 aliphatic carbocycles. The molecule has 0 bridgehead atoms. The van der Waals surface area contributed by atoms with Gasteiger partial charge in [0.25, 0.3) is 6.33 Å². The third-order valence-corrected chi connectivity index (χ3v) is 12.9. The van der Waals surface area contributed by atoms with Crippen LogP contribution in [0.3, 0.4) is 0 Å². The summed E-state index contributed by atoms with van der Waals surface area (Å²) in [7, 11) is 0. The summed E-state index contributed by atoms with van der Waals surface area (Å²) in [6, 6.07) is 53.6. The van der Waals surface area contributed by atoms with Crippen molar-refractivity contribution in [3.8, 4) is 73.3 Å². The fourth-order valence-electron chi connectivity index (χ4n) is 9.57. The van der Waals surface area contributed by atoms with Gasteiger partial charge in [0.1, 0.15) is 17.3 Å². The van der Waals surface area contributed by atoms with Crippen LogP contribution in [-0.2, 0) is 5.41 Å². The smallest absolute Gasteiger partial charge is 0.271 e. The van der Waals surface area contributed by atoms with E-state index in [9.17, 15) is 0 Å². The van der Waals surface area contributed by atoms with Gasteiger partial charge in [-0.2, -0.15) is 0 Å². The van der Waals surface area contributed by atoms with Crippen LogP contribution in [0.5, 0.6) is 11.5 Å². The van der Waals surface area contributed by atoms with Gasteiger partial charge in [0, 0.05) is 49.1 Å². The SMILES string of the molecule is [2H]c1c([2H])c([2H])c(-c2cnc(-n3c4ccccc4c4ccc(Oc5ccnc(-n6[c-][n+](-c7c(-c8cc(-c9ccccc9)cc(-c9ccccc9)c8)cc(C([2H])([2H])[2H])cc7C(C)(C)C)c7ccccc76)c5)cc43)cc2C([2H])([2H])[2H])c([2H])c1[2H]. The molecule has 0 N–H and O–H groups in total. The van der Waals surface area contributed by atoms with Gasteiger partial charge in [-0.3, -0.25) is 18.7 Å². The third kappa shape index (κ3) is 8.03. The minimum atomic E-state index is -2.77. The van der Waals surface area contributed by atoms with E-state index in [0.717, 1.165) is 66.4 Å². The van der Waals surface area contributed by atoms with Gasteiger partial charge < -0.3 is 4.74 Å². The first-order valence-electron chi connectivity index (χ1n) is 28.8. The number of rotatable bonds is 9. The minimum Gasteiger partial charge on any atom is -0.458 e. The monoisotopic (exact) mass is 928 g/mol. The van der Waals surface area contributed by atoms with E-state index in [2.05, 4.69) is 69.6 Å². The molecule has 12 aromatic rings. The Hall–Kier alpha value is -8.87. The minimum absolute atomic E-state index is 0.0928. The number of benzene rings is 8. The van der Waals surface area contributed by atoms with Gasteiger partial charge >= 0.3 is 0 Å². The Bertz CT molecular complexity index is 4420. The summed E-state index contributed by atoms with van der Waals surface area (Å²) in [5.74, 6) is 1.60. The molecule has 12 rings (SSSR count). The molecule has 0 radical (unpaired) electrons. The summed E-state index contributed by atoms with van der Waals surface area (Å²) in [6.45, 7) is 1.06. The van der Waals surface area contributed by atoms with Crippen molar-refractivity contribution in [3.63, 3.8) is 0 Å². The van der Waals surface area contributed by atoms with E-state index < -0.39 is 49.3 Å². The van der Waals surface area contributed by atoms with Crippen molar-refractivity contribution in [1.29, 1.82) is 0 Å². The molecular formula is C65H51N5O. The van der Waals surface area contributed by atoms with Gasteiger partial charge in [-0.1, -0.05) is 172 Å². The standard InChI is InChI=1S/C65H51N5O/c1-43-33-55(50-37-48(45-19-9-6-10-20-45)36-49(38-50)46-21-11-7-12-22-46)64(57(34-43)65(3,4)5)69-42-68(59-27-17-18-28-60(59)69)62-40-52(31-32-66-62)71-51-29-30-54-53-25-15-16-26-58(53)70(61(54)39-51)63-35-44(2)56(41-67-63)47-23-13-8-14-24-47/h6-41H,1-5H3/i1D3,2D3,8D,13D,14D,23D,24D. The summed E-state index contributed by atoms with van der Waals surface area (Å²) in [6.07, 6.45) is 6.59. The second-order valence-corrected chi connectivity index (χ2v) is 18.5. The van der Waals surface area contributed by atoms with Crippen LogP contribution in [0.4, 0.5) is 0 Å². The van der Waals surface area contributed by atoms with E-state index in [-0.39, 0.29) is 28.1 Å². The van der Waals surface area contributed by atoms with Crippen LogP contribution in [0.2, 0.25) is 0 Å². The van der Waals surface area contributed by atoms with E-state index in [0.29, 0.717) is 28.4 Å². The summed E-state index contributed by atoms with van der Waals surface area (Å²) < 4.78 is 107. The van der Waals surface area contributed by atoms with Crippen LogP contribution in [-0.4, -0.2) is 19.1 Å². The number of hydrogen-bond donors (Lipinski definition) is 0. The quantitative estimate of drug-likeness (QED) is 0.107. The Morgan fingerprint density at radius 2 is 1.23 bits per heavy atom. The van der Waals surface area contributed by atoms with Gasteiger partial charge in [-0.25, -0.2) is 4.98 Å². The van der Waals surface area contributed by atoms with Crippen molar-refractivity contribution >= 4 is 32.8 Å². The highest BCUT2D eigenvalue weighted by Crippen LogP contribution is 2.41. The van der Waals surface area contributed by atoms with Crippen molar-refractivity contribution in [2.24, 2.45) is 0 Å². The highest BCUT2D eigenvalue weighted by atomic mass is 16.5. The Morgan fingerprint density at radius 1 is 0.549 bits per heavy atom. The van der Waals surface area contributed by atoms with E-state index in [1.165, 1.54) is 12.3 Å². The lowest BCUT2D eigenvalue weighted by Crippen LogP contribution is -2.35. The van der Waals surface area contributed by atoms with Crippen molar-refractivity contribution in [1.82, 2.24) is 19.1 Å². The molecule has 0 saturated carbocycles. The molecule has 4 aromatic heterocycles. The highest BCUT2D eigenvalue weighted by molar-refractivity contribution is 6.09. The largest absolute Gasteiger partial charge is 0.458 e. The maximum Gasteiger partial charge on any atom is 0.271 e. The van der Waals surface area contributed by atoms with E-state index in [1.54, 1.807) is 18.3 Å². The topological polar surface area (TPSA) is 48.8 Å². The molecule has 0 aliphatic heterocycles. The zero-order valence-electron chi connectivity index (χ0n) is 50.0. The van der Waals surface area contributed by atoms with Gasteiger partial charge in [0.15, 0.2) is 5.82 Å². The molecule has 0 aliphatic rings. The van der Waals surface area contributed by atoms with Crippen LogP contribution in [0.25, 0.3) is 94.7 Å². The van der Waals surface area contributed by atoms with E-state index >= 15 is 0 Å². The first-order valence-corrected chi connectivity index (χ1v) is 23.3. The van der Waals surface area contributed by atoms with Crippen LogP contribution in [0, 0.1) is 20.0 Å². The fraction of sp³-hybridized carbons (Fsp3) is 0.0923. The van der Waals surface area contributed by atoms with Crippen molar-refractivity contribution < 1.29 is 24.4 Å². The van der Waals surface area contributed by atoms with Gasteiger partial charge in [0.05, 0.1) is 34.6 Å². The van der Waals surface area contributed by atoms with Crippen LogP contribution in [0.1, 0.15) is 52.5 Å². The Kier molecular flexibility index (Phi) is 8.12. The summed E-state index contributed by atoms with van der Waals surface area (Å²) in [5.41, 5.74) is 9.09. The first-order chi connectivity index (χ1) is 39.1. The number of ether oxygens (including phenoxy) is 1. The van der Waals surface area contributed by atoms with E-state index in [1.807, 2.05) is 129 Å². The Morgan fingerprint density at radius 3 is 1.96 bits per heavy atom. The molecule has 6 nitrogen and oxygen atoms in total. The molecule has 8 aromatic carbocycles. The van der Waals surface area contributed by atoms with Crippen LogP contribution in [0.15, 0.2) is 219 Å². The van der Waals surface area contributed by atoms with Gasteiger partial charge in [-0.15, -0.1) is 0 Å². The normalized spacial score (nSPS) is 14.3. The maximum atomic E-state index is 8.76. The van der Waals surface area contributed by atoms with Crippen molar-refractivity contribution in [3.05, 3.63) is 242 Å². The zero-order valence-corrected chi connectivity index (χ0v) is 39.0. The molecule has 0 spiro atoms. The average Bonchev–Trinajstić information content (AvgIpc) is 2.85. The number of fused-ring (bicyclic) bond motifs is 4. The lowest BCUT2D eigenvalue weighted by atomic mass is 9.81. The molecule has 6 heteroatoms. The molecule has 4 heterocycles.